The lowest BCUT2D eigenvalue weighted by atomic mass is 10.2. The summed E-state index contributed by atoms with van der Waals surface area (Å²) in [4.78, 5) is 21.9. The average molecular weight is 127 g/mol. The highest BCUT2D eigenvalue weighted by molar-refractivity contribution is 5.64. The average Bonchev–Trinajstić information content (AvgIpc) is 2.33. The van der Waals surface area contributed by atoms with Crippen LogP contribution in [0.3, 0.4) is 0 Å². The van der Waals surface area contributed by atoms with Crippen LogP contribution in [0.1, 0.15) is 12.8 Å². The smallest absolute Gasteiger partial charge is 0.210 e. The summed E-state index contributed by atoms with van der Waals surface area (Å²) in [6.07, 6.45) is 3.37. The first-order valence-electron chi connectivity index (χ1n) is 3.05. The number of likely N-dealkylation sites (tertiary alicyclic amines) is 1. The molecule has 0 saturated carbocycles. The van der Waals surface area contributed by atoms with E-state index in [0.717, 1.165) is 32.1 Å². The van der Waals surface area contributed by atoms with E-state index in [2.05, 4.69) is 0 Å². The van der Waals surface area contributed by atoms with Crippen LogP contribution in [0.2, 0.25) is 0 Å². The van der Waals surface area contributed by atoms with Gasteiger partial charge in [-0.2, -0.15) is 0 Å². The van der Waals surface area contributed by atoms with Gasteiger partial charge in [0.15, 0.2) is 0 Å². The molecule has 0 aliphatic carbocycles. The maximum atomic E-state index is 10.2. The molecule has 1 fully saturated rings. The summed E-state index contributed by atoms with van der Waals surface area (Å²) >= 11 is 0. The van der Waals surface area contributed by atoms with Gasteiger partial charge in [0, 0.05) is 6.54 Å². The Labute approximate surface area is 53.6 Å². The van der Waals surface area contributed by atoms with Gasteiger partial charge in [0.1, 0.15) is 6.29 Å². The van der Waals surface area contributed by atoms with Crippen LogP contribution in [-0.2, 0) is 9.59 Å². The maximum Gasteiger partial charge on any atom is 0.210 e. The predicted molar refractivity (Wildman–Crippen MR) is 31.9 cm³/mol. The molecule has 0 N–H and O–H groups in total. The second kappa shape index (κ2) is 2.62. The predicted octanol–water partition coefficient (Wildman–Crippen LogP) is -0.194. The van der Waals surface area contributed by atoms with Gasteiger partial charge in [-0.25, -0.2) is 0 Å². The fourth-order valence-electron chi connectivity index (χ4n) is 1.09. The van der Waals surface area contributed by atoms with Crippen LogP contribution in [0.5, 0.6) is 0 Å². The van der Waals surface area contributed by atoms with Crippen molar-refractivity contribution in [2.75, 3.05) is 6.54 Å². The van der Waals surface area contributed by atoms with Crippen molar-refractivity contribution < 1.29 is 9.59 Å². The van der Waals surface area contributed by atoms with E-state index in [1.165, 1.54) is 4.90 Å². The summed E-state index contributed by atoms with van der Waals surface area (Å²) in [7, 11) is 0. The molecule has 1 unspecified atom stereocenters. The molecule has 1 aliphatic rings. The second-order valence-corrected chi connectivity index (χ2v) is 2.19. The highest BCUT2D eigenvalue weighted by atomic mass is 16.1. The summed E-state index contributed by atoms with van der Waals surface area (Å²) in [5.74, 6) is 0. The molecule has 0 radical (unpaired) electrons. The molecule has 3 heteroatoms. The molecule has 0 bridgehead atoms. The minimum absolute atomic E-state index is 0.137. The van der Waals surface area contributed by atoms with Crippen LogP contribution >= 0.6 is 0 Å². The van der Waals surface area contributed by atoms with Gasteiger partial charge in [0.05, 0.1) is 6.04 Å². The zero-order valence-corrected chi connectivity index (χ0v) is 5.12. The van der Waals surface area contributed by atoms with Gasteiger partial charge in [0.25, 0.3) is 0 Å². The molecular weight excluding hydrogens is 118 g/mol. The Morgan fingerprint density at radius 2 is 2.22 bits per heavy atom. The Balaban J connectivity index is 2.50. The zero-order valence-electron chi connectivity index (χ0n) is 5.12. The molecule has 1 amide bonds. The van der Waals surface area contributed by atoms with E-state index < -0.39 is 0 Å². The third-order valence-corrected chi connectivity index (χ3v) is 1.63. The summed E-state index contributed by atoms with van der Waals surface area (Å²) < 4.78 is 0. The zero-order chi connectivity index (χ0) is 6.69. The van der Waals surface area contributed by atoms with Crippen molar-refractivity contribution in [3.8, 4) is 0 Å². The van der Waals surface area contributed by atoms with E-state index in [1.807, 2.05) is 0 Å². The normalized spacial score (nSPS) is 26.2. The number of nitrogens with zero attached hydrogens (tertiary/aromatic N) is 1. The van der Waals surface area contributed by atoms with Crippen molar-refractivity contribution in [2.24, 2.45) is 0 Å². The summed E-state index contributed by atoms with van der Waals surface area (Å²) in [5.41, 5.74) is 0. The summed E-state index contributed by atoms with van der Waals surface area (Å²) in [6, 6.07) is -0.137. The quantitative estimate of drug-likeness (QED) is 0.482. The maximum absolute atomic E-state index is 10.2. The Hall–Kier alpha value is -0.860. The molecule has 0 aromatic heterocycles. The summed E-state index contributed by atoms with van der Waals surface area (Å²) in [5, 5.41) is 0. The fraction of sp³-hybridized carbons (Fsp3) is 0.667. The summed E-state index contributed by atoms with van der Waals surface area (Å²) in [6.45, 7) is 0.743. The van der Waals surface area contributed by atoms with Gasteiger partial charge in [0.2, 0.25) is 6.41 Å². The van der Waals surface area contributed by atoms with E-state index in [1.54, 1.807) is 0 Å². The van der Waals surface area contributed by atoms with Gasteiger partial charge in [-0.15, -0.1) is 0 Å². The number of aldehydes is 1. The number of carbonyl (C=O) groups is 2. The molecule has 1 rings (SSSR count). The molecule has 50 valence electrons. The van der Waals surface area contributed by atoms with Crippen molar-refractivity contribution in [1.82, 2.24) is 4.90 Å². The molecular formula is C6H9NO2. The van der Waals surface area contributed by atoms with Crippen molar-refractivity contribution in [2.45, 2.75) is 18.9 Å². The van der Waals surface area contributed by atoms with Crippen LogP contribution < -0.4 is 0 Å². The molecule has 1 saturated heterocycles. The van der Waals surface area contributed by atoms with Gasteiger partial charge in [-0.3, -0.25) is 4.79 Å². The fourth-order valence-corrected chi connectivity index (χ4v) is 1.09. The van der Waals surface area contributed by atoms with Crippen LogP contribution in [0.25, 0.3) is 0 Å². The van der Waals surface area contributed by atoms with Crippen molar-refractivity contribution in [1.29, 1.82) is 0 Å². The van der Waals surface area contributed by atoms with Crippen molar-refractivity contribution >= 4 is 12.7 Å². The number of amides is 1. The third-order valence-electron chi connectivity index (χ3n) is 1.63. The van der Waals surface area contributed by atoms with E-state index in [0.29, 0.717) is 0 Å². The minimum Gasteiger partial charge on any atom is -0.336 e. The molecule has 0 aromatic carbocycles. The molecule has 1 heterocycles. The first kappa shape index (κ1) is 6.26. The highest BCUT2D eigenvalue weighted by Crippen LogP contribution is 2.11. The SMILES string of the molecule is O=CC1CCCN1C=O. The monoisotopic (exact) mass is 127 g/mol. The Morgan fingerprint density at radius 1 is 1.44 bits per heavy atom. The number of carbonyl (C=O) groups excluding carboxylic acids is 2. The number of hydrogen-bond donors (Lipinski definition) is 0. The van der Waals surface area contributed by atoms with Crippen LogP contribution in [0.15, 0.2) is 0 Å². The van der Waals surface area contributed by atoms with E-state index in [4.69, 9.17) is 0 Å². The lowest BCUT2D eigenvalue weighted by molar-refractivity contribution is -0.123. The molecule has 9 heavy (non-hydrogen) atoms. The van der Waals surface area contributed by atoms with Crippen molar-refractivity contribution in [3.63, 3.8) is 0 Å². The standard InChI is InChI=1S/C6H9NO2/c8-4-6-2-1-3-7(6)5-9/h4-6H,1-3H2. The largest absolute Gasteiger partial charge is 0.336 e. The Kier molecular flexibility index (Phi) is 1.82. The second-order valence-electron chi connectivity index (χ2n) is 2.19. The lowest BCUT2D eigenvalue weighted by Crippen LogP contribution is -2.28. The molecule has 1 atom stereocenters. The third kappa shape index (κ3) is 1.09. The van der Waals surface area contributed by atoms with Gasteiger partial charge in [-0.05, 0) is 12.8 Å². The number of hydrogen-bond acceptors (Lipinski definition) is 2. The van der Waals surface area contributed by atoms with E-state index in [-0.39, 0.29) is 6.04 Å². The molecule has 0 spiro atoms. The van der Waals surface area contributed by atoms with Crippen molar-refractivity contribution in [3.05, 3.63) is 0 Å². The molecule has 0 aromatic rings. The van der Waals surface area contributed by atoms with E-state index >= 15 is 0 Å². The number of rotatable bonds is 2. The first-order valence-corrected chi connectivity index (χ1v) is 3.05. The van der Waals surface area contributed by atoms with Gasteiger partial charge >= 0.3 is 0 Å². The van der Waals surface area contributed by atoms with E-state index in [9.17, 15) is 9.59 Å². The Bertz CT molecular complexity index is 110. The minimum atomic E-state index is -0.137. The van der Waals surface area contributed by atoms with Gasteiger partial charge in [-0.1, -0.05) is 0 Å². The lowest BCUT2D eigenvalue weighted by Gasteiger charge is -2.11. The topological polar surface area (TPSA) is 37.4 Å². The van der Waals surface area contributed by atoms with Crippen LogP contribution in [-0.4, -0.2) is 30.2 Å². The van der Waals surface area contributed by atoms with Gasteiger partial charge < -0.3 is 9.69 Å². The first-order chi connectivity index (χ1) is 4.38. The molecule has 3 nitrogen and oxygen atoms in total. The van der Waals surface area contributed by atoms with Crippen LogP contribution in [0, 0.1) is 0 Å². The Morgan fingerprint density at radius 3 is 2.67 bits per heavy atom. The van der Waals surface area contributed by atoms with Crippen LogP contribution in [0.4, 0.5) is 0 Å². The molecule has 1 aliphatic heterocycles. The highest BCUT2D eigenvalue weighted by Gasteiger charge is 2.21.